The van der Waals surface area contributed by atoms with Crippen LogP contribution in [0.4, 0.5) is 5.13 Å². The average molecular weight is 366 g/mol. The van der Waals surface area contributed by atoms with Crippen LogP contribution in [0.15, 0.2) is 41.9 Å². The minimum absolute atomic E-state index is 0.282. The molecule has 0 fully saturated rings. The summed E-state index contributed by atoms with van der Waals surface area (Å²) in [6.45, 7) is 0. The summed E-state index contributed by atoms with van der Waals surface area (Å²) in [4.78, 5) is 16.1. The van der Waals surface area contributed by atoms with Crippen LogP contribution in [-0.4, -0.2) is 26.3 Å². The molecule has 0 amide bonds. The largest absolute Gasteiger partial charge is 0.479 e. The van der Waals surface area contributed by atoms with Crippen molar-refractivity contribution in [1.82, 2.24) is 4.98 Å². The predicted molar refractivity (Wildman–Crippen MR) is 86.6 cm³/mol. The first-order valence-electron chi connectivity index (χ1n) is 5.84. The molecule has 0 saturated carbocycles. The number of halogens is 3. The maximum Gasteiger partial charge on any atom is 0.337 e. The third-order valence-corrected chi connectivity index (χ3v) is 5.17. The molecule has 21 heavy (non-hydrogen) atoms. The molecule has 0 radical (unpaired) electrons. The van der Waals surface area contributed by atoms with Crippen LogP contribution in [0.5, 0.6) is 0 Å². The molecule has 8 heteroatoms. The first-order chi connectivity index (χ1) is 9.94. The van der Waals surface area contributed by atoms with Gasteiger partial charge in [0, 0.05) is 11.6 Å². The van der Waals surface area contributed by atoms with Crippen LogP contribution < -0.4 is 5.32 Å². The Morgan fingerprint density at radius 1 is 1.33 bits per heavy atom. The third-order valence-electron chi connectivity index (χ3n) is 2.97. The molecule has 4 nitrogen and oxygen atoms in total. The van der Waals surface area contributed by atoms with Crippen LogP contribution in [-0.2, 0) is 10.3 Å². The van der Waals surface area contributed by atoms with Gasteiger partial charge in [-0.3, -0.25) is 0 Å². The SMILES string of the molecule is O=C(O)C(Nc1nccs1)(c1ccccc1)C(Cl)(Cl)CCl. The Bertz CT molecular complexity index is 607. The van der Waals surface area contributed by atoms with Crippen molar-refractivity contribution >= 4 is 57.2 Å². The van der Waals surface area contributed by atoms with Crippen molar-refractivity contribution in [3.8, 4) is 0 Å². The summed E-state index contributed by atoms with van der Waals surface area (Å²) < 4.78 is -1.78. The van der Waals surface area contributed by atoms with E-state index in [-0.39, 0.29) is 5.88 Å². The third kappa shape index (κ3) is 2.97. The van der Waals surface area contributed by atoms with E-state index in [0.29, 0.717) is 10.7 Å². The van der Waals surface area contributed by atoms with Crippen LogP contribution in [0.3, 0.4) is 0 Å². The lowest BCUT2D eigenvalue weighted by atomic mass is 9.86. The molecular weight excluding hydrogens is 355 g/mol. The highest BCUT2D eigenvalue weighted by Crippen LogP contribution is 2.45. The maximum absolute atomic E-state index is 12.0. The minimum Gasteiger partial charge on any atom is -0.479 e. The molecule has 0 aliphatic carbocycles. The summed E-state index contributed by atoms with van der Waals surface area (Å²) in [6.07, 6.45) is 1.55. The zero-order valence-electron chi connectivity index (χ0n) is 10.6. The van der Waals surface area contributed by atoms with Gasteiger partial charge in [0.05, 0.1) is 5.88 Å². The number of nitrogens with zero attached hydrogens (tertiary/aromatic N) is 1. The number of aromatic nitrogens is 1. The number of benzene rings is 1. The highest BCUT2D eigenvalue weighted by molar-refractivity contribution is 7.13. The molecular formula is C13H11Cl3N2O2S. The Hall–Kier alpha value is -1.01. The Kier molecular flexibility index (Phi) is 4.99. The summed E-state index contributed by atoms with van der Waals surface area (Å²) in [5.41, 5.74) is -1.44. The summed E-state index contributed by atoms with van der Waals surface area (Å²) in [5, 5.41) is 14.8. The van der Waals surface area contributed by atoms with E-state index in [2.05, 4.69) is 10.3 Å². The fraction of sp³-hybridized carbons (Fsp3) is 0.231. The minimum atomic E-state index is -1.82. The van der Waals surface area contributed by atoms with E-state index in [0.717, 1.165) is 0 Å². The molecule has 1 heterocycles. The van der Waals surface area contributed by atoms with E-state index in [4.69, 9.17) is 34.8 Å². The van der Waals surface area contributed by atoms with Gasteiger partial charge in [-0.15, -0.1) is 22.9 Å². The molecule has 1 aromatic heterocycles. The highest BCUT2D eigenvalue weighted by atomic mass is 35.5. The van der Waals surface area contributed by atoms with Gasteiger partial charge in [-0.05, 0) is 5.56 Å². The highest BCUT2D eigenvalue weighted by Gasteiger charge is 2.57. The van der Waals surface area contributed by atoms with Crippen molar-refractivity contribution in [1.29, 1.82) is 0 Å². The number of anilines is 1. The molecule has 0 aliphatic heterocycles. The van der Waals surface area contributed by atoms with Crippen LogP contribution >= 0.6 is 46.1 Å². The van der Waals surface area contributed by atoms with E-state index in [1.807, 2.05) is 0 Å². The van der Waals surface area contributed by atoms with E-state index in [9.17, 15) is 9.90 Å². The number of rotatable bonds is 6. The van der Waals surface area contributed by atoms with Gasteiger partial charge < -0.3 is 10.4 Å². The fourth-order valence-electron chi connectivity index (χ4n) is 1.94. The van der Waals surface area contributed by atoms with E-state index >= 15 is 0 Å². The Morgan fingerprint density at radius 2 is 2.00 bits per heavy atom. The van der Waals surface area contributed by atoms with E-state index in [1.54, 1.807) is 41.9 Å². The Balaban J connectivity index is 2.63. The quantitative estimate of drug-likeness (QED) is 0.761. The van der Waals surface area contributed by atoms with Crippen molar-refractivity contribution in [2.45, 2.75) is 9.87 Å². The number of nitrogens with one attached hydrogen (secondary N) is 1. The van der Waals surface area contributed by atoms with Gasteiger partial charge in [-0.2, -0.15) is 0 Å². The predicted octanol–water partition coefficient (Wildman–Crippen LogP) is 3.95. The zero-order valence-corrected chi connectivity index (χ0v) is 13.7. The fourth-order valence-corrected chi connectivity index (χ4v) is 3.20. The van der Waals surface area contributed by atoms with Crippen LogP contribution in [0, 0.1) is 0 Å². The Labute approximate surface area is 140 Å². The molecule has 0 saturated heterocycles. The number of aliphatic carboxylic acids is 1. The van der Waals surface area contributed by atoms with Crippen molar-refractivity contribution in [3.05, 3.63) is 47.5 Å². The molecule has 0 spiro atoms. The monoisotopic (exact) mass is 364 g/mol. The second kappa shape index (κ2) is 6.40. The number of carboxylic acids is 1. The number of carboxylic acid groups (broad SMARTS) is 1. The molecule has 1 unspecified atom stereocenters. The number of carbonyl (C=O) groups is 1. The van der Waals surface area contributed by atoms with Crippen LogP contribution in [0.2, 0.25) is 0 Å². The molecule has 2 N–H and O–H groups in total. The van der Waals surface area contributed by atoms with Gasteiger partial charge in [0.15, 0.2) is 15.0 Å². The van der Waals surface area contributed by atoms with Gasteiger partial charge in [-0.1, -0.05) is 53.5 Å². The van der Waals surface area contributed by atoms with Gasteiger partial charge in [0.2, 0.25) is 0 Å². The lowest BCUT2D eigenvalue weighted by Crippen LogP contribution is -2.57. The van der Waals surface area contributed by atoms with Crippen molar-refractivity contribution in [3.63, 3.8) is 0 Å². The standard InChI is InChI=1S/C13H11Cl3N2O2S/c14-8-12(15,16)13(10(19)20,9-4-2-1-3-5-9)18-11-17-6-7-21-11/h1-7H,8H2,(H,17,18)(H,19,20). The lowest BCUT2D eigenvalue weighted by Gasteiger charge is -2.39. The summed E-state index contributed by atoms with van der Waals surface area (Å²) >= 11 is 19.6. The molecule has 0 bridgehead atoms. The number of hydrogen-bond donors (Lipinski definition) is 2. The van der Waals surface area contributed by atoms with Crippen molar-refractivity contribution < 1.29 is 9.90 Å². The first-order valence-corrected chi connectivity index (χ1v) is 8.01. The van der Waals surface area contributed by atoms with Crippen LogP contribution in [0.1, 0.15) is 5.56 Å². The normalized spacial score (nSPS) is 14.4. The van der Waals surface area contributed by atoms with Crippen LogP contribution in [0.25, 0.3) is 0 Å². The first kappa shape index (κ1) is 16.4. The van der Waals surface area contributed by atoms with Gasteiger partial charge >= 0.3 is 5.97 Å². The average Bonchev–Trinajstić information content (AvgIpc) is 2.98. The van der Waals surface area contributed by atoms with Gasteiger partial charge in [-0.25, -0.2) is 9.78 Å². The molecule has 2 aromatic rings. The van der Waals surface area contributed by atoms with E-state index in [1.165, 1.54) is 11.3 Å². The lowest BCUT2D eigenvalue weighted by molar-refractivity contribution is -0.143. The van der Waals surface area contributed by atoms with Gasteiger partial charge in [0.25, 0.3) is 0 Å². The number of alkyl halides is 3. The molecule has 1 aromatic carbocycles. The molecule has 0 aliphatic rings. The second-order valence-electron chi connectivity index (χ2n) is 4.22. The summed E-state index contributed by atoms with van der Waals surface area (Å²) in [6, 6.07) is 8.43. The number of thiazole rings is 1. The van der Waals surface area contributed by atoms with Gasteiger partial charge in [0.1, 0.15) is 0 Å². The maximum atomic E-state index is 12.0. The zero-order chi connectivity index (χ0) is 15.5. The molecule has 1 atom stereocenters. The molecule has 2 rings (SSSR count). The topological polar surface area (TPSA) is 62.2 Å². The van der Waals surface area contributed by atoms with Crippen molar-refractivity contribution in [2.24, 2.45) is 0 Å². The summed E-state index contributed by atoms with van der Waals surface area (Å²) in [5.74, 6) is -1.52. The number of hydrogen-bond acceptors (Lipinski definition) is 4. The Morgan fingerprint density at radius 3 is 2.48 bits per heavy atom. The smallest absolute Gasteiger partial charge is 0.337 e. The van der Waals surface area contributed by atoms with E-state index < -0.39 is 15.8 Å². The second-order valence-corrected chi connectivity index (χ2v) is 6.87. The van der Waals surface area contributed by atoms with Crippen molar-refractivity contribution in [2.75, 3.05) is 11.2 Å². The summed E-state index contributed by atoms with van der Waals surface area (Å²) in [7, 11) is 0. The molecule has 112 valence electrons.